The van der Waals surface area contributed by atoms with Crippen molar-refractivity contribution in [3.8, 4) is 5.75 Å². The third-order valence-electron chi connectivity index (χ3n) is 1.84. The van der Waals surface area contributed by atoms with E-state index in [4.69, 9.17) is 4.74 Å². The fourth-order valence-corrected chi connectivity index (χ4v) is 1.13. The molecular weight excluding hydrogens is 194 g/mol. The molecule has 0 aromatic heterocycles. The van der Waals surface area contributed by atoms with Crippen LogP contribution < -0.4 is 10.1 Å². The second-order valence-electron chi connectivity index (χ2n) is 2.86. The van der Waals surface area contributed by atoms with Gasteiger partial charge in [-0.05, 0) is 19.1 Å². The molecule has 0 saturated heterocycles. The molecule has 15 heavy (non-hydrogen) atoms. The van der Waals surface area contributed by atoms with Gasteiger partial charge in [0.15, 0.2) is 0 Å². The molecule has 0 radical (unpaired) electrons. The van der Waals surface area contributed by atoms with Gasteiger partial charge in [-0.1, -0.05) is 12.1 Å². The molecule has 0 aliphatic rings. The molecule has 0 spiro atoms. The number of carbonyl (C=O) groups is 1. The summed E-state index contributed by atoms with van der Waals surface area (Å²) in [5, 5.41) is 2.95. The quantitative estimate of drug-likeness (QED) is 0.749. The lowest BCUT2D eigenvalue weighted by Crippen LogP contribution is -2.15. The summed E-state index contributed by atoms with van der Waals surface area (Å²) in [6.45, 7) is 2.65. The smallest absolute Gasteiger partial charge is 0.325 e. The average molecular weight is 209 g/mol. The zero-order chi connectivity index (χ0) is 11.1. The minimum atomic E-state index is -0.304. The van der Waals surface area contributed by atoms with Crippen LogP contribution in [0.1, 0.15) is 6.92 Å². The lowest BCUT2D eigenvalue weighted by Gasteiger charge is -2.10. The number of hydrogen-bond donors (Lipinski definition) is 1. The fraction of sp³-hybridized carbons (Fsp3) is 0.364. The summed E-state index contributed by atoms with van der Waals surface area (Å²) in [7, 11) is 1.36. The van der Waals surface area contributed by atoms with Gasteiger partial charge in [-0.25, -0.2) is 0 Å². The van der Waals surface area contributed by atoms with E-state index in [1.165, 1.54) is 7.11 Å². The van der Waals surface area contributed by atoms with Gasteiger partial charge in [0, 0.05) is 0 Å². The van der Waals surface area contributed by atoms with Gasteiger partial charge < -0.3 is 14.8 Å². The van der Waals surface area contributed by atoms with Crippen LogP contribution in [0.2, 0.25) is 0 Å². The van der Waals surface area contributed by atoms with Crippen molar-refractivity contribution in [3.63, 3.8) is 0 Å². The van der Waals surface area contributed by atoms with Crippen LogP contribution in [0.25, 0.3) is 0 Å². The molecule has 1 aromatic carbocycles. The molecule has 0 aliphatic heterocycles. The van der Waals surface area contributed by atoms with Crippen LogP contribution in [0.5, 0.6) is 5.75 Å². The number of esters is 1. The Kier molecular flexibility index (Phi) is 4.47. The summed E-state index contributed by atoms with van der Waals surface area (Å²) in [5.41, 5.74) is 0.796. The van der Waals surface area contributed by atoms with Crippen LogP contribution in [-0.2, 0) is 9.53 Å². The van der Waals surface area contributed by atoms with E-state index in [9.17, 15) is 4.79 Å². The van der Waals surface area contributed by atoms with Crippen molar-refractivity contribution in [1.82, 2.24) is 0 Å². The minimum Gasteiger partial charge on any atom is -0.492 e. The molecule has 0 atom stereocenters. The minimum absolute atomic E-state index is 0.139. The number of para-hydroxylation sites is 2. The maximum atomic E-state index is 10.9. The Bertz CT molecular complexity index is 325. The number of anilines is 1. The molecule has 0 bridgehead atoms. The number of rotatable bonds is 5. The summed E-state index contributed by atoms with van der Waals surface area (Å²) >= 11 is 0. The van der Waals surface area contributed by atoms with E-state index in [1.807, 2.05) is 31.2 Å². The van der Waals surface area contributed by atoms with Crippen molar-refractivity contribution in [2.45, 2.75) is 6.92 Å². The van der Waals surface area contributed by atoms with E-state index in [-0.39, 0.29) is 12.5 Å². The van der Waals surface area contributed by atoms with Gasteiger partial charge in [0.2, 0.25) is 0 Å². The van der Waals surface area contributed by atoms with Crippen LogP contribution in [0.4, 0.5) is 5.69 Å². The molecule has 0 saturated carbocycles. The first-order valence-corrected chi connectivity index (χ1v) is 4.80. The number of hydrogen-bond acceptors (Lipinski definition) is 4. The summed E-state index contributed by atoms with van der Waals surface area (Å²) < 4.78 is 9.92. The molecule has 1 N–H and O–H groups in total. The highest BCUT2D eigenvalue weighted by molar-refractivity contribution is 5.75. The van der Waals surface area contributed by atoms with E-state index < -0.39 is 0 Å². The van der Waals surface area contributed by atoms with Crippen molar-refractivity contribution < 1.29 is 14.3 Å². The highest BCUT2D eigenvalue weighted by Crippen LogP contribution is 2.23. The van der Waals surface area contributed by atoms with Gasteiger partial charge in [-0.3, -0.25) is 4.79 Å². The third kappa shape index (κ3) is 3.50. The summed E-state index contributed by atoms with van der Waals surface area (Å²) in [5.74, 6) is 0.435. The maximum Gasteiger partial charge on any atom is 0.325 e. The second kappa shape index (κ2) is 5.90. The molecule has 0 aliphatic carbocycles. The predicted octanol–water partition coefficient (Wildman–Crippen LogP) is 1.67. The number of methoxy groups -OCH3 is 1. The first kappa shape index (κ1) is 11.4. The van der Waals surface area contributed by atoms with E-state index in [0.29, 0.717) is 6.61 Å². The topological polar surface area (TPSA) is 47.6 Å². The molecule has 82 valence electrons. The zero-order valence-corrected chi connectivity index (χ0v) is 8.95. The SMILES string of the molecule is CCOc1ccccc1NCC(=O)OC. The predicted molar refractivity (Wildman–Crippen MR) is 58.1 cm³/mol. The molecular formula is C11H15NO3. The van der Waals surface area contributed by atoms with E-state index >= 15 is 0 Å². The van der Waals surface area contributed by atoms with Crippen molar-refractivity contribution in [3.05, 3.63) is 24.3 Å². The Morgan fingerprint density at radius 1 is 1.40 bits per heavy atom. The standard InChI is InChI=1S/C11H15NO3/c1-3-15-10-7-5-4-6-9(10)12-8-11(13)14-2/h4-7,12H,3,8H2,1-2H3. The van der Waals surface area contributed by atoms with Gasteiger partial charge in [0.05, 0.1) is 19.4 Å². The van der Waals surface area contributed by atoms with Crippen LogP contribution in [0.3, 0.4) is 0 Å². The van der Waals surface area contributed by atoms with Crippen LogP contribution in [-0.4, -0.2) is 26.2 Å². The molecule has 0 unspecified atom stereocenters. The summed E-state index contributed by atoms with van der Waals surface area (Å²) in [6.07, 6.45) is 0. The van der Waals surface area contributed by atoms with Gasteiger partial charge >= 0.3 is 5.97 Å². The van der Waals surface area contributed by atoms with E-state index in [2.05, 4.69) is 10.1 Å². The summed E-state index contributed by atoms with van der Waals surface area (Å²) in [4.78, 5) is 10.9. The first-order chi connectivity index (χ1) is 7.27. The molecule has 1 rings (SSSR count). The molecule has 4 heteroatoms. The zero-order valence-electron chi connectivity index (χ0n) is 8.95. The van der Waals surface area contributed by atoms with Crippen molar-refractivity contribution in [2.24, 2.45) is 0 Å². The second-order valence-corrected chi connectivity index (χ2v) is 2.86. The Balaban J connectivity index is 2.62. The molecule has 4 nitrogen and oxygen atoms in total. The Labute approximate surface area is 89.2 Å². The van der Waals surface area contributed by atoms with Crippen LogP contribution in [0.15, 0.2) is 24.3 Å². The molecule has 0 amide bonds. The van der Waals surface area contributed by atoms with Crippen molar-refractivity contribution in [2.75, 3.05) is 25.6 Å². The van der Waals surface area contributed by atoms with E-state index in [0.717, 1.165) is 11.4 Å². The number of benzene rings is 1. The Morgan fingerprint density at radius 2 is 2.13 bits per heavy atom. The highest BCUT2D eigenvalue weighted by atomic mass is 16.5. The third-order valence-corrected chi connectivity index (χ3v) is 1.84. The monoisotopic (exact) mass is 209 g/mol. The Hall–Kier alpha value is -1.71. The van der Waals surface area contributed by atoms with Gasteiger partial charge in [0.1, 0.15) is 12.3 Å². The van der Waals surface area contributed by atoms with Crippen molar-refractivity contribution in [1.29, 1.82) is 0 Å². The first-order valence-electron chi connectivity index (χ1n) is 4.80. The van der Waals surface area contributed by atoms with Gasteiger partial charge in [-0.15, -0.1) is 0 Å². The number of ether oxygens (including phenoxy) is 2. The van der Waals surface area contributed by atoms with Gasteiger partial charge in [-0.2, -0.15) is 0 Å². The van der Waals surface area contributed by atoms with Crippen LogP contribution >= 0.6 is 0 Å². The largest absolute Gasteiger partial charge is 0.492 e. The fourth-order valence-electron chi connectivity index (χ4n) is 1.13. The normalized spacial score (nSPS) is 9.47. The average Bonchev–Trinajstić information content (AvgIpc) is 2.28. The number of nitrogens with one attached hydrogen (secondary N) is 1. The van der Waals surface area contributed by atoms with E-state index in [1.54, 1.807) is 0 Å². The maximum absolute atomic E-state index is 10.9. The van der Waals surface area contributed by atoms with Crippen LogP contribution in [0, 0.1) is 0 Å². The van der Waals surface area contributed by atoms with Gasteiger partial charge in [0.25, 0.3) is 0 Å². The van der Waals surface area contributed by atoms with Crippen molar-refractivity contribution >= 4 is 11.7 Å². The highest BCUT2D eigenvalue weighted by Gasteiger charge is 2.04. The molecule has 0 heterocycles. The lowest BCUT2D eigenvalue weighted by molar-refractivity contribution is -0.138. The summed E-state index contributed by atoms with van der Waals surface area (Å²) in [6, 6.07) is 7.47. The Morgan fingerprint density at radius 3 is 2.80 bits per heavy atom. The number of carbonyl (C=O) groups excluding carboxylic acids is 1. The molecule has 1 aromatic rings. The lowest BCUT2D eigenvalue weighted by atomic mass is 10.3. The molecule has 0 fully saturated rings.